The van der Waals surface area contributed by atoms with Crippen LogP contribution in [0.15, 0.2) is 219 Å². The summed E-state index contributed by atoms with van der Waals surface area (Å²) in [6, 6.07) is 60.2. The van der Waals surface area contributed by atoms with Crippen molar-refractivity contribution in [1.29, 1.82) is 0 Å². The van der Waals surface area contributed by atoms with E-state index in [0.717, 1.165) is 82.6 Å². The first-order chi connectivity index (χ1) is 41.9. The van der Waals surface area contributed by atoms with Crippen LogP contribution in [-0.2, 0) is 30.1 Å². The van der Waals surface area contributed by atoms with Crippen LogP contribution in [-0.4, -0.2) is 76.3 Å². The molecule has 6 N–H and O–H groups in total. The largest absolute Gasteiger partial charge is 0.338 e. The molecule has 12 rings (SSSR count). The molecule has 15 nitrogen and oxygen atoms in total. The normalized spacial score (nSPS) is 12.1. The molecule has 0 unspecified atom stereocenters. The number of rotatable bonds is 15. The molecule has 0 saturated carbocycles. The molecule has 0 amide bonds. The fourth-order valence-corrected chi connectivity index (χ4v) is 12.5. The number of halogens is 2. The van der Waals surface area contributed by atoms with Crippen molar-refractivity contribution in [2.45, 2.75) is 21.6 Å². The second-order valence-corrected chi connectivity index (χ2v) is 26.2. The van der Waals surface area contributed by atoms with Crippen molar-refractivity contribution in [3.05, 3.63) is 250 Å². The van der Waals surface area contributed by atoms with Gasteiger partial charge in [0.05, 0.1) is 47.8 Å². The van der Waals surface area contributed by atoms with Gasteiger partial charge < -0.3 is 15.0 Å². The lowest BCUT2D eigenvalue weighted by Crippen LogP contribution is -2.19. The molecule has 0 aliphatic heterocycles. The van der Waals surface area contributed by atoms with Crippen molar-refractivity contribution in [2.75, 3.05) is 21.1 Å². The van der Waals surface area contributed by atoms with Gasteiger partial charge in [-0.05, 0) is 159 Å². The number of nitrogens with one attached hydrogen (secondary N) is 6. The minimum atomic E-state index is -3.58. The van der Waals surface area contributed by atoms with Crippen molar-refractivity contribution in [1.82, 2.24) is 44.1 Å². The molecule has 0 spiro atoms. The first-order valence-electron chi connectivity index (χ1n) is 27.1. The highest BCUT2D eigenvalue weighted by atomic mass is 79.9. The van der Waals surface area contributed by atoms with Crippen LogP contribution in [0.25, 0.3) is 103 Å². The topological polar surface area (TPSA) is 225 Å². The van der Waals surface area contributed by atoms with Gasteiger partial charge in [0.25, 0.3) is 0 Å². The molecule has 0 atom stereocenters. The van der Waals surface area contributed by atoms with E-state index in [1.54, 1.807) is 72.8 Å². The summed E-state index contributed by atoms with van der Waals surface area (Å²) in [4.78, 5) is 24.2. The van der Waals surface area contributed by atoms with E-state index in [1.807, 2.05) is 127 Å². The van der Waals surface area contributed by atoms with Gasteiger partial charge >= 0.3 is 0 Å². The highest BCUT2D eigenvalue weighted by Gasteiger charge is 2.21. The Morgan fingerprint density at radius 1 is 0.391 bits per heavy atom. The number of H-pyrrole nitrogens is 3. The van der Waals surface area contributed by atoms with Crippen LogP contribution < -0.4 is 14.2 Å². The van der Waals surface area contributed by atoms with Crippen LogP contribution in [0.5, 0.6) is 0 Å². The third-order valence-corrected chi connectivity index (χ3v) is 18.8. The van der Waals surface area contributed by atoms with Crippen molar-refractivity contribution >= 4 is 116 Å². The monoisotopic (exact) mass is 1280 g/mol. The fraction of sp³-hybridized carbons (Fsp3) is 0.0597. The van der Waals surface area contributed by atoms with Gasteiger partial charge in [-0.3, -0.25) is 0 Å². The van der Waals surface area contributed by atoms with Crippen LogP contribution in [0.2, 0.25) is 0 Å². The molecule has 12 aromatic rings. The number of hydrogen-bond acceptors (Lipinski definition) is 9. The molecular formula is C67H57BrFN9O6S3. The summed E-state index contributed by atoms with van der Waals surface area (Å²) in [6.45, 7) is 2.06. The molecule has 438 valence electrons. The molecule has 0 aliphatic rings. The summed E-state index contributed by atoms with van der Waals surface area (Å²) in [5.41, 5.74) is 13.4. The van der Waals surface area contributed by atoms with Crippen LogP contribution in [0, 0.1) is 12.7 Å². The van der Waals surface area contributed by atoms with Gasteiger partial charge in [0.1, 0.15) is 23.3 Å². The zero-order valence-electron chi connectivity index (χ0n) is 47.3. The van der Waals surface area contributed by atoms with Gasteiger partial charge in [-0.15, -0.1) is 0 Å². The first kappa shape index (κ1) is 60.9. The van der Waals surface area contributed by atoms with Crippen LogP contribution in [0.1, 0.15) is 39.7 Å². The second-order valence-electron chi connectivity index (χ2n) is 19.7. The Morgan fingerprint density at radius 3 is 1.01 bits per heavy atom. The zero-order chi connectivity index (χ0) is 61.3. The first-order valence-corrected chi connectivity index (χ1v) is 32.3. The number of imidazole rings is 3. The highest BCUT2D eigenvalue weighted by molar-refractivity contribution is 9.10. The molecule has 0 radical (unpaired) electrons. The van der Waals surface area contributed by atoms with Gasteiger partial charge in [-0.25, -0.2) is 58.8 Å². The van der Waals surface area contributed by atoms with Gasteiger partial charge in [0.2, 0.25) is 30.1 Å². The molecule has 0 aliphatic carbocycles. The number of aryl methyl sites for hydroxylation is 1. The molecule has 87 heavy (non-hydrogen) atoms. The fourth-order valence-electron chi connectivity index (χ4n) is 9.33. The number of aromatic nitrogens is 6. The number of aromatic amines is 3. The van der Waals surface area contributed by atoms with Crippen molar-refractivity contribution < 1.29 is 29.6 Å². The third-order valence-electron chi connectivity index (χ3n) is 13.9. The molecule has 3 aromatic heterocycles. The van der Waals surface area contributed by atoms with Gasteiger partial charge in [-0.1, -0.05) is 161 Å². The maximum Gasteiger partial charge on any atom is 0.240 e. The van der Waals surface area contributed by atoms with E-state index in [0.29, 0.717) is 22.5 Å². The molecule has 20 heteroatoms. The molecule has 0 fully saturated rings. The van der Waals surface area contributed by atoms with Crippen LogP contribution in [0.3, 0.4) is 0 Å². The molecule has 0 bridgehead atoms. The Bertz CT molecular complexity index is 4420. The van der Waals surface area contributed by atoms with Crippen LogP contribution in [0.4, 0.5) is 4.39 Å². The van der Waals surface area contributed by atoms with E-state index in [9.17, 15) is 29.6 Å². The summed E-state index contributed by atoms with van der Waals surface area (Å²) >= 11 is 3.43. The lowest BCUT2D eigenvalue weighted by molar-refractivity contribution is 0.587. The summed E-state index contributed by atoms with van der Waals surface area (Å²) in [5, 5.41) is 0. The third kappa shape index (κ3) is 14.7. The van der Waals surface area contributed by atoms with Crippen LogP contribution >= 0.6 is 15.9 Å². The van der Waals surface area contributed by atoms with Gasteiger partial charge in [-0.2, -0.15) is 0 Å². The van der Waals surface area contributed by atoms with E-state index < -0.39 is 30.1 Å². The summed E-state index contributed by atoms with van der Waals surface area (Å²) < 4.78 is 95.3. The Labute approximate surface area is 512 Å². The maximum atomic E-state index is 13.0. The van der Waals surface area contributed by atoms with Crippen molar-refractivity contribution in [2.24, 2.45) is 0 Å². The lowest BCUT2D eigenvalue weighted by Gasteiger charge is -2.09. The second kappa shape index (κ2) is 26.6. The SMILES string of the molecule is CNS(=O)(=O)c1ccccc1-c1ccc2nc(/C=C/c3ccc(Br)cc3)[nH]c2c1.CNS(=O)(=O)c1ccccc1-c1ccc2nc(/C=C/c3ccc(C)cc3)[nH]c2c1.CNS(=O)(=O)c1ccccc1-c1ccc2nc(/C=C/c3ccc(F)cc3)[nH]c2c1. The Morgan fingerprint density at radius 2 is 0.690 bits per heavy atom. The smallest absolute Gasteiger partial charge is 0.240 e. The quantitative estimate of drug-likeness (QED) is 0.0573. The Kier molecular flexibility index (Phi) is 18.6. The average Bonchev–Trinajstić information content (AvgIpc) is 2.77. The number of fused-ring (bicyclic) bond motifs is 3. The summed E-state index contributed by atoms with van der Waals surface area (Å²) in [6.07, 6.45) is 11.5. The summed E-state index contributed by atoms with van der Waals surface area (Å²) in [7, 11) is -6.48. The standard InChI is InChI=1S/C23H21N3O2S.C22H18BrN3O2S.C22H18FN3O2S/c1-16-7-9-17(10-8-16)11-14-23-25-20-13-12-18(15-21(20)26-23)19-5-3-4-6-22(19)29(27,28)24-2;2*1-24-29(27,28)21-5-3-2-4-18(21)16-9-12-19-20(14-16)26-22(25-19)13-8-15-6-10-17(23)11-7-15/h3-15,24H,1-2H3,(H,25,26);2*2-14,24H,1H3,(H,25,26)/b14-11+;2*13-8+. The van der Waals surface area contributed by atoms with E-state index in [-0.39, 0.29) is 20.5 Å². The minimum absolute atomic E-state index is 0.220. The summed E-state index contributed by atoms with van der Waals surface area (Å²) in [5.74, 6) is 1.85. The average molecular weight is 1280 g/mol. The lowest BCUT2D eigenvalue weighted by atomic mass is 10.1. The van der Waals surface area contributed by atoms with E-state index in [2.05, 4.69) is 91.2 Å². The Hall–Kier alpha value is -9.25. The van der Waals surface area contributed by atoms with E-state index in [1.165, 1.54) is 38.8 Å². The molecule has 3 heterocycles. The van der Waals surface area contributed by atoms with Gasteiger partial charge in [0.15, 0.2) is 0 Å². The minimum Gasteiger partial charge on any atom is -0.338 e. The van der Waals surface area contributed by atoms with Crippen molar-refractivity contribution in [3.63, 3.8) is 0 Å². The number of nitrogens with zero attached hydrogens (tertiary/aromatic N) is 3. The molecule has 0 saturated heterocycles. The number of sulfonamides is 3. The van der Waals surface area contributed by atoms with E-state index in [4.69, 9.17) is 0 Å². The predicted octanol–water partition coefficient (Wildman–Crippen LogP) is 14.1. The van der Waals surface area contributed by atoms with Gasteiger partial charge in [0, 0.05) is 21.2 Å². The zero-order valence-corrected chi connectivity index (χ0v) is 51.3. The maximum absolute atomic E-state index is 13.0. The molecular weight excluding hydrogens is 1220 g/mol. The number of hydrogen-bond donors (Lipinski definition) is 6. The van der Waals surface area contributed by atoms with Crippen molar-refractivity contribution in [3.8, 4) is 33.4 Å². The molecule has 9 aromatic carbocycles. The Balaban J connectivity index is 0.000000144. The number of benzene rings is 9. The highest BCUT2D eigenvalue weighted by Crippen LogP contribution is 2.33. The predicted molar refractivity (Wildman–Crippen MR) is 352 cm³/mol. The van der Waals surface area contributed by atoms with E-state index >= 15 is 0 Å².